The lowest BCUT2D eigenvalue weighted by molar-refractivity contribution is 0.0595. The topological polar surface area (TPSA) is 55.0 Å². The van der Waals surface area contributed by atoms with Crippen molar-refractivity contribution in [3.63, 3.8) is 0 Å². The summed E-state index contributed by atoms with van der Waals surface area (Å²) in [5.74, 6) is -0.365. The third-order valence-corrected chi connectivity index (χ3v) is 1.83. The molecule has 2 aromatic rings. The van der Waals surface area contributed by atoms with Crippen LogP contribution in [0.5, 0.6) is 0 Å². The second kappa shape index (κ2) is 2.90. The number of hydrogen-bond donors (Lipinski definition) is 1. The summed E-state index contributed by atoms with van der Waals surface area (Å²) >= 11 is 0. The number of carbonyl (C=O) groups is 1. The van der Waals surface area contributed by atoms with Gasteiger partial charge >= 0.3 is 5.97 Å². The summed E-state index contributed by atoms with van der Waals surface area (Å²) in [5, 5.41) is 0.905. The maximum Gasteiger partial charge on any atom is 0.354 e. The van der Waals surface area contributed by atoms with E-state index in [2.05, 4.69) is 14.7 Å². The molecule has 2 heterocycles. The van der Waals surface area contributed by atoms with E-state index in [1.165, 1.54) is 7.11 Å². The Morgan fingerprint density at radius 2 is 2.46 bits per heavy atom. The first-order chi connectivity index (χ1) is 6.31. The van der Waals surface area contributed by atoms with Crippen LogP contribution in [0.25, 0.3) is 10.9 Å². The molecule has 0 radical (unpaired) electrons. The highest BCUT2D eigenvalue weighted by atomic mass is 16.5. The van der Waals surface area contributed by atoms with Gasteiger partial charge in [0.15, 0.2) is 0 Å². The molecule has 0 aliphatic heterocycles. The highest BCUT2D eigenvalue weighted by Crippen LogP contribution is 2.13. The van der Waals surface area contributed by atoms with Gasteiger partial charge in [0.05, 0.1) is 7.11 Å². The number of ether oxygens (including phenoxy) is 1. The Kier molecular flexibility index (Phi) is 1.73. The van der Waals surface area contributed by atoms with Crippen LogP contribution in [0.2, 0.25) is 0 Å². The number of methoxy groups -OCH3 is 1. The molecule has 13 heavy (non-hydrogen) atoms. The van der Waals surface area contributed by atoms with Gasteiger partial charge in [-0.25, -0.2) is 4.79 Å². The Labute approximate surface area is 74.5 Å². The number of rotatable bonds is 1. The van der Waals surface area contributed by atoms with Crippen LogP contribution in [0.4, 0.5) is 0 Å². The highest BCUT2D eigenvalue weighted by Gasteiger charge is 2.08. The molecule has 0 bridgehead atoms. The molecule has 0 aliphatic carbocycles. The minimum Gasteiger partial charge on any atom is -0.464 e. The van der Waals surface area contributed by atoms with Gasteiger partial charge in [-0.15, -0.1) is 0 Å². The van der Waals surface area contributed by atoms with Crippen LogP contribution in [0, 0.1) is 0 Å². The van der Waals surface area contributed by atoms with Crippen molar-refractivity contribution in [1.82, 2.24) is 9.97 Å². The fourth-order valence-corrected chi connectivity index (χ4v) is 1.19. The standard InChI is InChI=1S/C9H8N2O2/c1-13-9(12)8-4-6-5-10-3-2-7(6)11-8/h2-5,11H,1H3. The minimum absolute atomic E-state index is 0.365. The first kappa shape index (κ1) is 7.79. The molecule has 0 amide bonds. The van der Waals surface area contributed by atoms with Gasteiger partial charge in [0.1, 0.15) is 5.69 Å². The predicted molar refractivity (Wildman–Crippen MR) is 47.4 cm³/mol. The summed E-state index contributed by atoms with van der Waals surface area (Å²) in [5.41, 5.74) is 1.33. The fraction of sp³-hybridized carbons (Fsp3) is 0.111. The minimum atomic E-state index is -0.365. The molecule has 4 nitrogen and oxygen atoms in total. The van der Waals surface area contributed by atoms with E-state index < -0.39 is 0 Å². The molecule has 2 aromatic heterocycles. The number of nitrogens with one attached hydrogen (secondary N) is 1. The van der Waals surface area contributed by atoms with Crippen molar-refractivity contribution in [3.05, 3.63) is 30.2 Å². The number of carbonyl (C=O) groups excluding carboxylic acids is 1. The van der Waals surface area contributed by atoms with Crippen LogP contribution in [-0.2, 0) is 4.74 Å². The van der Waals surface area contributed by atoms with Crippen LogP contribution >= 0.6 is 0 Å². The maximum atomic E-state index is 11.1. The van der Waals surface area contributed by atoms with Crippen molar-refractivity contribution in [2.75, 3.05) is 7.11 Å². The average molecular weight is 176 g/mol. The van der Waals surface area contributed by atoms with Gasteiger partial charge in [-0.2, -0.15) is 0 Å². The lowest BCUT2D eigenvalue weighted by Gasteiger charge is -1.91. The number of aromatic amines is 1. The summed E-state index contributed by atoms with van der Waals surface area (Å²) < 4.78 is 4.58. The zero-order valence-corrected chi connectivity index (χ0v) is 7.07. The number of hydrogen-bond acceptors (Lipinski definition) is 3. The smallest absolute Gasteiger partial charge is 0.354 e. The summed E-state index contributed by atoms with van der Waals surface area (Å²) in [6, 6.07) is 3.52. The first-order valence-corrected chi connectivity index (χ1v) is 3.82. The third-order valence-electron chi connectivity index (χ3n) is 1.83. The van der Waals surface area contributed by atoms with E-state index in [1.54, 1.807) is 18.5 Å². The zero-order chi connectivity index (χ0) is 9.26. The zero-order valence-electron chi connectivity index (χ0n) is 7.07. The summed E-state index contributed by atoms with van der Waals surface area (Å²) in [4.78, 5) is 18.0. The van der Waals surface area contributed by atoms with Gasteiger partial charge in [-0.3, -0.25) is 4.98 Å². The van der Waals surface area contributed by atoms with Crippen molar-refractivity contribution >= 4 is 16.9 Å². The van der Waals surface area contributed by atoms with Gasteiger partial charge in [0, 0.05) is 23.3 Å². The van der Waals surface area contributed by atoms with Crippen molar-refractivity contribution in [2.24, 2.45) is 0 Å². The molecule has 1 N–H and O–H groups in total. The van der Waals surface area contributed by atoms with Gasteiger partial charge in [0.25, 0.3) is 0 Å². The lowest BCUT2D eigenvalue weighted by Crippen LogP contribution is -2.00. The number of H-pyrrole nitrogens is 1. The van der Waals surface area contributed by atoms with E-state index in [4.69, 9.17) is 0 Å². The van der Waals surface area contributed by atoms with Gasteiger partial charge in [0.2, 0.25) is 0 Å². The lowest BCUT2D eigenvalue weighted by atomic mass is 10.3. The molecule has 0 saturated heterocycles. The van der Waals surface area contributed by atoms with E-state index in [9.17, 15) is 4.79 Å². The predicted octanol–water partition coefficient (Wildman–Crippen LogP) is 1.35. The first-order valence-electron chi connectivity index (χ1n) is 3.82. The fourth-order valence-electron chi connectivity index (χ4n) is 1.19. The molecule has 0 fully saturated rings. The monoisotopic (exact) mass is 176 g/mol. The van der Waals surface area contributed by atoms with E-state index >= 15 is 0 Å². The summed E-state index contributed by atoms with van der Waals surface area (Å²) in [6.45, 7) is 0. The average Bonchev–Trinajstić information content (AvgIpc) is 2.59. The molecule has 66 valence electrons. The molecule has 2 rings (SSSR count). The van der Waals surface area contributed by atoms with Crippen LogP contribution < -0.4 is 0 Å². The number of aromatic nitrogens is 2. The molecule has 4 heteroatoms. The van der Waals surface area contributed by atoms with Crippen LogP contribution in [0.1, 0.15) is 10.5 Å². The molecular weight excluding hydrogens is 168 g/mol. The number of pyridine rings is 1. The molecule has 0 spiro atoms. The van der Waals surface area contributed by atoms with Crippen molar-refractivity contribution in [3.8, 4) is 0 Å². The number of fused-ring (bicyclic) bond motifs is 1. The summed E-state index contributed by atoms with van der Waals surface area (Å²) in [7, 11) is 1.35. The highest BCUT2D eigenvalue weighted by molar-refractivity contribution is 5.94. The molecule has 0 saturated carbocycles. The quantitative estimate of drug-likeness (QED) is 0.667. The number of esters is 1. The molecule has 0 aromatic carbocycles. The normalized spacial score (nSPS) is 10.2. The van der Waals surface area contributed by atoms with Gasteiger partial charge in [-0.05, 0) is 12.1 Å². The molecule has 0 atom stereocenters. The van der Waals surface area contributed by atoms with Crippen LogP contribution in [0.15, 0.2) is 24.5 Å². The van der Waals surface area contributed by atoms with Crippen LogP contribution in [0.3, 0.4) is 0 Å². The third kappa shape index (κ3) is 1.26. The molecular formula is C9H8N2O2. The van der Waals surface area contributed by atoms with Gasteiger partial charge < -0.3 is 9.72 Å². The summed E-state index contributed by atoms with van der Waals surface area (Å²) in [6.07, 6.45) is 3.36. The van der Waals surface area contributed by atoms with Gasteiger partial charge in [-0.1, -0.05) is 0 Å². The van der Waals surface area contributed by atoms with Crippen molar-refractivity contribution in [2.45, 2.75) is 0 Å². The second-order valence-electron chi connectivity index (χ2n) is 2.64. The largest absolute Gasteiger partial charge is 0.464 e. The van der Waals surface area contributed by atoms with Crippen molar-refractivity contribution < 1.29 is 9.53 Å². The Morgan fingerprint density at radius 3 is 3.15 bits per heavy atom. The molecule has 0 unspecified atom stereocenters. The van der Waals surface area contributed by atoms with E-state index in [0.717, 1.165) is 10.9 Å². The Balaban J connectivity index is 2.56. The molecule has 0 aliphatic rings. The second-order valence-corrected chi connectivity index (χ2v) is 2.64. The maximum absolute atomic E-state index is 11.1. The number of nitrogens with zero attached hydrogens (tertiary/aromatic N) is 1. The van der Waals surface area contributed by atoms with E-state index in [0.29, 0.717) is 5.69 Å². The van der Waals surface area contributed by atoms with E-state index in [1.807, 2.05) is 6.07 Å². The van der Waals surface area contributed by atoms with Crippen LogP contribution in [-0.4, -0.2) is 23.0 Å². The van der Waals surface area contributed by atoms with E-state index in [-0.39, 0.29) is 5.97 Å². The Hall–Kier alpha value is -1.84. The Bertz CT molecular complexity index is 415. The SMILES string of the molecule is COC(=O)c1cc2cnccc2[nH]1. The van der Waals surface area contributed by atoms with Crippen molar-refractivity contribution in [1.29, 1.82) is 0 Å². The Morgan fingerprint density at radius 1 is 1.62 bits per heavy atom.